The number of anilines is 1. The molecule has 1 saturated heterocycles. The maximum absolute atomic E-state index is 13.0. The fourth-order valence-electron chi connectivity index (χ4n) is 3.51. The molecule has 0 aliphatic carbocycles. The molecule has 1 aliphatic heterocycles. The van der Waals surface area contributed by atoms with Crippen molar-refractivity contribution in [3.05, 3.63) is 69.9 Å². The zero-order chi connectivity index (χ0) is 22.5. The van der Waals surface area contributed by atoms with E-state index in [1.807, 2.05) is 24.3 Å². The van der Waals surface area contributed by atoms with Gasteiger partial charge >= 0.3 is 6.03 Å². The fraction of sp³-hybridized carbons (Fsp3) is 0.273. The Bertz CT molecular complexity index is 1100. The van der Waals surface area contributed by atoms with Crippen molar-refractivity contribution in [1.29, 1.82) is 0 Å². The quantitative estimate of drug-likeness (QED) is 0.586. The number of hydrogen-bond acceptors (Lipinski definition) is 6. The van der Waals surface area contributed by atoms with Gasteiger partial charge in [0.25, 0.3) is 5.91 Å². The van der Waals surface area contributed by atoms with Crippen molar-refractivity contribution in [2.24, 2.45) is 0 Å². The van der Waals surface area contributed by atoms with E-state index in [0.29, 0.717) is 23.8 Å². The molecule has 3 amide bonds. The number of methoxy groups -OCH3 is 1. The molecule has 0 saturated carbocycles. The smallest absolute Gasteiger partial charge is 0.318 e. The van der Waals surface area contributed by atoms with E-state index in [9.17, 15) is 14.0 Å². The van der Waals surface area contributed by atoms with Gasteiger partial charge in [-0.1, -0.05) is 23.5 Å². The lowest BCUT2D eigenvalue weighted by Crippen LogP contribution is -2.39. The minimum Gasteiger partial charge on any atom is -0.497 e. The summed E-state index contributed by atoms with van der Waals surface area (Å²) in [5.41, 5.74) is 1.40. The third-order valence-corrected chi connectivity index (χ3v) is 6.14. The molecule has 0 radical (unpaired) electrons. The number of halogens is 1. The molecule has 166 valence electrons. The van der Waals surface area contributed by atoms with Crippen molar-refractivity contribution in [2.45, 2.75) is 25.4 Å². The Kier molecular flexibility index (Phi) is 6.60. The highest BCUT2D eigenvalue weighted by Crippen LogP contribution is 2.33. The Morgan fingerprint density at radius 2 is 2.03 bits per heavy atom. The second kappa shape index (κ2) is 9.73. The van der Waals surface area contributed by atoms with E-state index in [1.165, 1.54) is 24.3 Å². The van der Waals surface area contributed by atoms with E-state index in [0.717, 1.165) is 35.5 Å². The molecule has 2 heterocycles. The maximum atomic E-state index is 13.0. The summed E-state index contributed by atoms with van der Waals surface area (Å²) in [7, 11) is 1.60. The first-order valence-electron chi connectivity index (χ1n) is 10.1. The zero-order valence-electron chi connectivity index (χ0n) is 17.4. The van der Waals surface area contributed by atoms with E-state index in [4.69, 9.17) is 4.74 Å². The number of carbonyl (C=O) groups excluding carboxylic acids is 2. The van der Waals surface area contributed by atoms with Crippen LogP contribution in [-0.4, -0.2) is 40.7 Å². The van der Waals surface area contributed by atoms with Gasteiger partial charge in [0.2, 0.25) is 5.01 Å². The van der Waals surface area contributed by atoms with Crippen molar-refractivity contribution in [2.75, 3.05) is 19.0 Å². The number of likely N-dealkylation sites (tertiary alicyclic amines) is 1. The molecule has 10 heteroatoms. The van der Waals surface area contributed by atoms with Crippen LogP contribution in [0.2, 0.25) is 0 Å². The SMILES string of the molecule is COc1cccc(CNC(=O)N2CCCC2c2nnc(C(=O)Nc3ccc(F)cc3)s2)c1. The molecule has 2 N–H and O–H groups in total. The minimum absolute atomic E-state index is 0.188. The zero-order valence-corrected chi connectivity index (χ0v) is 18.2. The lowest BCUT2D eigenvalue weighted by molar-refractivity contribution is 0.102. The average Bonchev–Trinajstić information content (AvgIpc) is 3.49. The van der Waals surface area contributed by atoms with E-state index in [2.05, 4.69) is 20.8 Å². The topological polar surface area (TPSA) is 96.4 Å². The number of ether oxygens (including phenoxy) is 1. The van der Waals surface area contributed by atoms with Crippen molar-refractivity contribution < 1.29 is 18.7 Å². The number of nitrogens with one attached hydrogen (secondary N) is 2. The number of nitrogens with zero attached hydrogens (tertiary/aromatic N) is 3. The van der Waals surface area contributed by atoms with E-state index in [-0.39, 0.29) is 22.9 Å². The molecule has 3 aromatic rings. The molecule has 1 atom stereocenters. The van der Waals surface area contributed by atoms with E-state index in [1.54, 1.807) is 12.0 Å². The molecule has 1 aromatic heterocycles. The Labute approximate surface area is 188 Å². The summed E-state index contributed by atoms with van der Waals surface area (Å²) in [5, 5.41) is 14.6. The molecule has 8 nitrogen and oxygen atoms in total. The van der Waals surface area contributed by atoms with Gasteiger partial charge in [0.05, 0.1) is 13.2 Å². The molecule has 2 aromatic carbocycles. The summed E-state index contributed by atoms with van der Waals surface area (Å²) in [5.74, 6) is -0.0734. The monoisotopic (exact) mass is 455 g/mol. The number of benzene rings is 2. The molecule has 4 rings (SSSR count). The van der Waals surface area contributed by atoms with Gasteiger partial charge in [-0.2, -0.15) is 0 Å². The van der Waals surface area contributed by atoms with Gasteiger partial charge in [-0.3, -0.25) is 4.79 Å². The molecule has 1 aliphatic rings. The number of urea groups is 1. The number of rotatable bonds is 6. The number of hydrogen-bond donors (Lipinski definition) is 2. The van der Waals surface area contributed by atoms with E-state index < -0.39 is 5.91 Å². The normalized spacial score (nSPS) is 15.4. The predicted octanol–water partition coefficient (Wildman–Crippen LogP) is 3.98. The summed E-state index contributed by atoms with van der Waals surface area (Å²) in [6.45, 7) is 0.978. The summed E-state index contributed by atoms with van der Waals surface area (Å²) in [6.07, 6.45) is 1.59. The van der Waals surface area contributed by atoms with Gasteiger partial charge in [-0.25, -0.2) is 9.18 Å². The van der Waals surface area contributed by atoms with Gasteiger partial charge in [0.15, 0.2) is 0 Å². The fourth-order valence-corrected chi connectivity index (χ4v) is 4.39. The van der Waals surface area contributed by atoms with E-state index >= 15 is 0 Å². The largest absolute Gasteiger partial charge is 0.497 e. The summed E-state index contributed by atoms with van der Waals surface area (Å²) in [4.78, 5) is 27.0. The predicted molar refractivity (Wildman–Crippen MR) is 118 cm³/mol. The Balaban J connectivity index is 1.38. The third kappa shape index (κ3) is 5.02. The molecule has 0 bridgehead atoms. The summed E-state index contributed by atoms with van der Waals surface area (Å²) < 4.78 is 18.2. The number of amides is 3. The van der Waals surface area contributed by atoms with Crippen molar-refractivity contribution in [3.63, 3.8) is 0 Å². The Morgan fingerprint density at radius 3 is 2.81 bits per heavy atom. The highest BCUT2D eigenvalue weighted by Gasteiger charge is 2.33. The van der Waals surface area contributed by atoms with Crippen LogP contribution in [-0.2, 0) is 6.54 Å². The van der Waals surface area contributed by atoms with Crippen LogP contribution in [0.25, 0.3) is 0 Å². The average molecular weight is 456 g/mol. The first-order chi connectivity index (χ1) is 15.5. The second-order valence-electron chi connectivity index (χ2n) is 7.27. The molecular weight excluding hydrogens is 433 g/mol. The Hall–Kier alpha value is -3.53. The third-order valence-electron chi connectivity index (χ3n) is 5.11. The Morgan fingerprint density at radius 1 is 1.22 bits per heavy atom. The maximum Gasteiger partial charge on any atom is 0.318 e. The highest BCUT2D eigenvalue weighted by molar-refractivity contribution is 7.13. The van der Waals surface area contributed by atoms with Gasteiger partial charge in [-0.05, 0) is 54.8 Å². The highest BCUT2D eigenvalue weighted by atomic mass is 32.1. The molecule has 1 fully saturated rings. The standard InChI is InChI=1S/C22H22FN5O3S/c1-31-17-5-2-4-14(12-17)13-24-22(30)28-11-3-6-18(28)20-26-27-21(32-20)19(29)25-16-9-7-15(23)8-10-16/h2,4-5,7-10,12,18H,3,6,11,13H2,1H3,(H,24,30)(H,25,29). The summed E-state index contributed by atoms with van der Waals surface area (Å²) in [6, 6.07) is 12.6. The van der Waals surface area contributed by atoms with Gasteiger partial charge < -0.3 is 20.3 Å². The molecule has 0 spiro atoms. The van der Waals surface area contributed by atoms with Gasteiger partial charge in [0.1, 0.15) is 16.6 Å². The lowest BCUT2D eigenvalue weighted by Gasteiger charge is -2.23. The lowest BCUT2D eigenvalue weighted by atomic mass is 10.2. The van der Waals surface area contributed by atoms with Crippen LogP contribution in [0.15, 0.2) is 48.5 Å². The minimum atomic E-state index is -0.424. The van der Waals surface area contributed by atoms with Crippen LogP contribution in [0.4, 0.5) is 14.9 Å². The van der Waals surface area contributed by atoms with Crippen LogP contribution < -0.4 is 15.4 Å². The van der Waals surface area contributed by atoms with Crippen LogP contribution in [0.5, 0.6) is 5.75 Å². The molecular formula is C22H22FN5O3S. The molecule has 1 unspecified atom stereocenters. The van der Waals surface area contributed by atoms with Crippen LogP contribution in [0, 0.1) is 5.82 Å². The van der Waals surface area contributed by atoms with Gasteiger partial charge in [0, 0.05) is 18.8 Å². The first-order valence-corrected chi connectivity index (χ1v) is 10.9. The van der Waals surface area contributed by atoms with Crippen LogP contribution in [0.1, 0.15) is 39.3 Å². The van der Waals surface area contributed by atoms with Gasteiger partial charge in [-0.15, -0.1) is 10.2 Å². The second-order valence-corrected chi connectivity index (χ2v) is 8.28. The van der Waals surface area contributed by atoms with Crippen LogP contribution >= 0.6 is 11.3 Å². The van der Waals surface area contributed by atoms with Crippen LogP contribution in [0.3, 0.4) is 0 Å². The summed E-state index contributed by atoms with van der Waals surface area (Å²) >= 11 is 1.15. The first kappa shape index (κ1) is 21.7. The molecule has 32 heavy (non-hydrogen) atoms. The number of carbonyl (C=O) groups is 2. The van der Waals surface area contributed by atoms with Crippen molar-refractivity contribution >= 4 is 29.0 Å². The van der Waals surface area contributed by atoms with Crippen molar-refractivity contribution in [1.82, 2.24) is 20.4 Å². The van der Waals surface area contributed by atoms with Crippen molar-refractivity contribution in [3.8, 4) is 5.75 Å². The number of aromatic nitrogens is 2.